The number of carbonyl (C=O) groups excluding carboxylic acids is 1. The number of hydrogen-bond acceptors (Lipinski definition) is 5. The van der Waals surface area contributed by atoms with Crippen molar-refractivity contribution in [1.82, 2.24) is 9.80 Å². The number of carboxylic acid groups (broad SMARTS) is 2. The van der Waals surface area contributed by atoms with Crippen LogP contribution in [-0.4, -0.2) is 70.3 Å². The van der Waals surface area contributed by atoms with Gasteiger partial charge in [0.05, 0.1) is 12.6 Å². The Kier molecular flexibility index (Phi) is 12.2. The maximum Gasteiger partial charge on any atom is 0.410 e. The van der Waals surface area contributed by atoms with Crippen molar-refractivity contribution in [2.75, 3.05) is 26.2 Å². The molecule has 2 aromatic rings. The van der Waals surface area contributed by atoms with Gasteiger partial charge in [0.1, 0.15) is 6.10 Å². The number of hydrogen-bond donors (Lipinski definition) is 2. The van der Waals surface area contributed by atoms with Crippen LogP contribution >= 0.6 is 15.9 Å². The van der Waals surface area contributed by atoms with Gasteiger partial charge in [0.15, 0.2) is 0 Å². The Balaban J connectivity index is 0.000000493. The third kappa shape index (κ3) is 9.47. The Morgan fingerprint density at radius 3 is 2.19 bits per heavy atom. The molecule has 0 radical (unpaired) electrons. The predicted molar refractivity (Wildman–Crippen MR) is 141 cm³/mol. The molecule has 9 heteroatoms. The number of amides is 1. The zero-order valence-corrected chi connectivity index (χ0v) is 22.1. The first-order chi connectivity index (χ1) is 17.2. The SMILES string of the molecule is CCN(CC)CCC(c1ccccc1)N1CC(Cc2ccccc2Br)OC1=O.O=C(O)/C=C/C(=O)O. The summed E-state index contributed by atoms with van der Waals surface area (Å²) in [7, 11) is 0. The molecule has 2 atom stereocenters. The molecule has 0 aromatic heterocycles. The van der Waals surface area contributed by atoms with Crippen LogP contribution in [-0.2, 0) is 20.7 Å². The molecule has 3 rings (SSSR count). The molecule has 36 heavy (non-hydrogen) atoms. The van der Waals surface area contributed by atoms with E-state index >= 15 is 0 Å². The lowest BCUT2D eigenvalue weighted by Gasteiger charge is -2.29. The van der Waals surface area contributed by atoms with Crippen LogP contribution in [0.1, 0.15) is 37.4 Å². The van der Waals surface area contributed by atoms with Crippen LogP contribution in [0, 0.1) is 0 Å². The summed E-state index contributed by atoms with van der Waals surface area (Å²) in [5.41, 5.74) is 2.34. The molecule has 194 valence electrons. The van der Waals surface area contributed by atoms with E-state index in [2.05, 4.69) is 52.9 Å². The Hall–Kier alpha value is -3.17. The number of aliphatic carboxylic acids is 2. The number of carbonyl (C=O) groups is 3. The van der Waals surface area contributed by atoms with E-state index in [4.69, 9.17) is 14.9 Å². The first kappa shape index (κ1) is 29.1. The number of nitrogens with zero attached hydrogens (tertiary/aromatic N) is 2. The van der Waals surface area contributed by atoms with E-state index in [1.807, 2.05) is 41.3 Å². The minimum atomic E-state index is -1.26. The summed E-state index contributed by atoms with van der Waals surface area (Å²) < 4.78 is 6.81. The van der Waals surface area contributed by atoms with Crippen LogP contribution in [0.4, 0.5) is 4.79 Å². The van der Waals surface area contributed by atoms with Gasteiger partial charge in [-0.1, -0.05) is 78.3 Å². The maximum absolute atomic E-state index is 12.7. The Labute approximate surface area is 220 Å². The second-order valence-corrected chi connectivity index (χ2v) is 9.06. The molecule has 1 aliphatic heterocycles. The molecule has 1 fully saturated rings. The first-order valence-corrected chi connectivity index (χ1v) is 12.7. The zero-order chi connectivity index (χ0) is 26.5. The highest BCUT2D eigenvalue weighted by Gasteiger charge is 2.36. The van der Waals surface area contributed by atoms with Crippen molar-refractivity contribution >= 4 is 34.0 Å². The zero-order valence-electron chi connectivity index (χ0n) is 20.5. The highest BCUT2D eigenvalue weighted by Crippen LogP contribution is 2.31. The fourth-order valence-corrected chi connectivity index (χ4v) is 4.42. The number of benzene rings is 2. The topological polar surface area (TPSA) is 107 Å². The molecular formula is C27H33BrN2O6. The van der Waals surface area contributed by atoms with Crippen molar-refractivity contribution in [3.63, 3.8) is 0 Å². The third-order valence-corrected chi connectivity index (χ3v) is 6.62. The first-order valence-electron chi connectivity index (χ1n) is 11.9. The van der Waals surface area contributed by atoms with E-state index in [9.17, 15) is 14.4 Å². The van der Waals surface area contributed by atoms with Crippen molar-refractivity contribution in [2.45, 2.75) is 38.8 Å². The van der Waals surface area contributed by atoms with Gasteiger partial charge in [-0.3, -0.25) is 4.90 Å². The van der Waals surface area contributed by atoms with Gasteiger partial charge in [-0.25, -0.2) is 14.4 Å². The Morgan fingerprint density at radius 2 is 1.64 bits per heavy atom. The van der Waals surface area contributed by atoms with Gasteiger partial charge in [-0.05, 0) is 36.7 Å². The molecule has 0 bridgehead atoms. The van der Waals surface area contributed by atoms with Crippen LogP contribution in [0.25, 0.3) is 0 Å². The minimum Gasteiger partial charge on any atom is -0.478 e. The van der Waals surface area contributed by atoms with Crippen molar-refractivity contribution in [2.24, 2.45) is 0 Å². The normalized spacial score (nSPS) is 15.9. The van der Waals surface area contributed by atoms with Crippen LogP contribution < -0.4 is 0 Å². The van der Waals surface area contributed by atoms with Crippen LogP contribution in [0.15, 0.2) is 71.2 Å². The van der Waals surface area contributed by atoms with Gasteiger partial charge in [-0.15, -0.1) is 0 Å². The van der Waals surface area contributed by atoms with Gasteiger partial charge in [0.2, 0.25) is 0 Å². The quantitative estimate of drug-likeness (QED) is 0.372. The molecule has 0 saturated carbocycles. The van der Waals surface area contributed by atoms with Gasteiger partial charge in [0, 0.05) is 29.6 Å². The summed E-state index contributed by atoms with van der Waals surface area (Å²) >= 11 is 3.60. The predicted octanol–water partition coefficient (Wildman–Crippen LogP) is 5.00. The van der Waals surface area contributed by atoms with E-state index < -0.39 is 11.9 Å². The van der Waals surface area contributed by atoms with Crippen molar-refractivity contribution in [3.05, 3.63) is 82.3 Å². The molecular weight excluding hydrogens is 528 g/mol. The molecule has 1 aliphatic rings. The van der Waals surface area contributed by atoms with Crippen LogP contribution in [0.3, 0.4) is 0 Å². The molecule has 1 amide bonds. The number of ether oxygens (including phenoxy) is 1. The largest absolute Gasteiger partial charge is 0.478 e. The monoisotopic (exact) mass is 560 g/mol. The summed E-state index contributed by atoms with van der Waals surface area (Å²) in [5, 5.41) is 15.6. The molecule has 0 spiro atoms. The van der Waals surface area contributed by atoms with E-state index in [-0.39, 0.29) is 18.2 Å². The standard InChI is InChI=1S/C23H29BrN2O2.C4H4O4/c1-3-25(4-2)15-14-22(18-10-6-5-7-11-18)26-17-20(28-23(26)27)16-19-12-8-9-13-21(19)24;5-3(6)1-2-4(7)8/h5-13,20,22H,3-4,14-17H2,1-2H3;1-2H,(H,5,6)(H,7,8)/b;2-1+. The molecule has 2 unspecified atom stereocenters. The number of carboxylic acids is 2. The Morgan fingerprint density at radius 1 is 1.06 bits per heavy atom. The van der Waals surface area contributed by atoms with Crippen molar-refractivity contribution in [3.8, 4) is 0 Å². The van der Waals surface area contributed by atoms with Crippen LogP contribution in [0.2, 0.25) is 0 Å². The summed E-state index contributed by atoms with van der Waals surface area (Å²) in [6.07, 6.45) is 2.42. The smallest absolute Gasteiger partial charge is 0.410 e. The molecule has 1 heterocycles. The average Bonchev–Trinajstić information content (AvgIpc) is 3.22. The maximum atomic E-state index is 12.7. The van der Waals surface area contributed by atoms with Crippen LogP contribution in [0.5, 0.6) is 0 Å². The van der Waals surface area contributed by atoms with Crippen molar-refractivity contribution in [1.29, 1.82) is 0 Å². The van der Waals surface area contributed by atoms with E-state index in [0.717, 1.165) is 36.9 Å². The van der Waals surface area contributed by atoms with Gasteiger partial charge in [-0.2, -0.15) is 0 Å². The second kappa shape index (κ2) is 15.1. The average molecular weight is 561 g/mol. The molecule has 2 aromatic carbocycles. The lowest BCUT2D eigenvalue weighted by molar-refractivity contribution is -0.134. The highest BCUT2D eigenvalue weighted by atomic mass is 79.9. The van der Waals surface area contributed by atoms with Gasteiger partial charge < -0.3 is 19.8 Å². The summed E-state index contributed by atoms with van der Waals surface area (Å²) in [6, 6.07) is 18.5. The number of halogens is 1. The summed E-state index contributed by atoms with van der Waals surface area (Å²) in [4.78, 5) is 36.2. The van der Waals surface area contributed by atoms with E-state index in [1.54, 1.807) is 0 Å². The van der Waals surface area contributed by atoms with Gasteiger partial charge in [0.25, 0.3) is 0 Å². The lowest BCUT2D eigenvalue weighted by atomic mass is 10.0. The summed E-state index contributed by atoms with van der Waals surface area (Å²) in [6.45, 7) is 7.99. The highest BCUT2D eigenvalue weighted by molar-refractivity contribution is 9.10. The molecule has 2 N–H and O–H groups in total. The molecule has 1 saturated heterocycles. The van der Waals surface area contributed by atoms with Gasteiger partial charge >= 0.3 is 18.0 Å². The number of rotatable bonds is 11. The van der Waals surface area contributed by atoms with Crippen molar-refractivity contribution < 1.29 is 29.3 Å². The third-order valence-electron chi connectivity index (χ3n) is 5.85. The molecule has 8 nitrogen and oxygen atoms in total. The van der Waals surface area contributed by atoms with E-state index in [0.29, 0.717) is 18.7 Å². The Bertz CT molecular complexity index is 1010. The summed E-state index contributed by atoms with van der Waals surface area (Å²) in [5.74, 6) is -2.51. The fraction of sp³-hybridized carbons (Fsp3) is 0.370. The fourth-order valence-electron chi connectivity index (χ4n) is 3.98. The number of cyclic esters (lactones) is 1. The second-order valence-electron chi connectivity index (χ2n) is 8.21. The van der Waals surface area contributed by atoms with E-state index in [1.165, 1.54) is 11.1 Å². The minimum absolute atomic E-state index is 0.0403. The molecule has 0 aliphatic carbocycles. The lowest BCUT2D eigenvalue weighted by Crippen LogP contribution is -2.34.